The number of aliphatic carboxylic acids is 1. The smallest absolute Gasteiger partial charge is 0.329 e. The van der Waals surface area contributed by atoms with E-state index in [0.29, 0.717) is 0 Å². The van der Waals surface area contributed by atoms with E-state index < -0.39 is 36.0 Å². The summed E-state index contributed by atoms with van der Waals surface area (Å²) in [5, 5.41) is 12.7. The Bertz CT molecular complexity index is 1790. The van der Waals surface area contributed by atoms with E-state index >= 15 is 4.79 Å². The molecule has 7 nitrogen and oxygen atoms in total. The summed E-state index contributed by atoms with van der Waals surface area (Å²) in [5.74, 6) is -1.63. The average molecular weight is 598 g/mol. The Hall–Kier alpha value is -5.43. The highest BCUT2D eigenvalue weighted by Gasteiger charge is 2.54. The van der Waals surface area contributed by atoms with Crippen molar-refractivity contribution in [1.29, 1.82) is 0 Å². The third-order valence-electron chi connectivity index (χ3n) is 8.58. The molecule has 0 spiro atoms. The van der Waals surface area contributed by atoms with Crippen LogP contribution >= 0.6 is 0 Å². The highest BCUT2D eigenvalue weighted by atomic mass is 16.4. The lowest BCUT2D eigenvalue weighted by molar-refractivity contribution is -0.149. The Morgan fingerprint density at radius 2 is 1.16 bits per heavy atom. The van der Waals surface area contributed by atoms with Crippen LogP contribution in [0.5, 0.6) is 0 Å². The molecular formula is C38H35N3O4. The summed E-state index contributed by atoms with van der Waals surface area (Å²) in [6.07, 6.45) is 0. The monoisotopic (exact) mass is 597 g/mol. The van der Waals surface area contributed by atoms with Gasteiger partial charge in [0.2, 0.25) is 5.91 Å². The van der Waals surface area contributed by atoms with Crippen molar-refractivity contribution >= 4 is 28.7 Å². The fourth-order valence-electron chi connectivity index (χ4n) is 6.31. The number of nitrogens with zero attached hydrogens (tertiary/aromatic N) is 3. The number of carboxylic acid groups (broad SMARTS) is 1. The Labute approximate surface area is 262 Å². The van der Waals surface area contributed by atoms with Gasteiger partial charge in [0.05, 0.1) is 6.04 Å². The normalized spacial score (nSPS) is 17.0. The molecule has 5 aromatic carbocycles. The minimum atomic E-state index is -1.38. The summed E-state index contributed by atoms with van der Waals surface area (Å²) in [4.78, 5) is 46.7. The van der Waals surface area contributed by atoms with E-state index in [1.165, 1.54) is 9.80 Å². The molecule has 3 amide bonds. The molecule has 45 heavy (non-hydrogen) atoms. The molecule has 1 aliphatic heterocycles. The second-order valence-corrected chi connectivity index (χ2v) is 11.4. The van der Waals surface area contributed by atoms with Gasteiger partial charge in [-0.05, 0) is 39.9 Å². The summed E-state index contributed by atoms with van der Waals surface area (Å²) < 4.78 is 0. The molecule has 0 radical (unpaired) electrons. The molecule has 0 aliphatic carbocycles. The van der Waals surface area contributed by atoms with Crippen molar-refractivity contribution in [2.24, 2.45) is 0 Å². The first-order valence-corrected chi connectivity index (χ1v) is 15.1. The molecule has 3 unspecified atom stereocenters. The summed E-state index contributed by atoms with van der Waals surface area (Å²) in [6, 6.07) is 38.8. The predicted molar refractivity (Wildman–Crippen MR) is 174 cm³/mol. The first-order chi connectivity index (χ1) is 21.9. The van der Waals surface area contributed by atoms with Crippen LogP contribution < -0.4 is 0 Å². The Morgan fingerprint density at radius 3 is 1.73 bits per heavy atom. The Kier molecular flexibility index (Phi) is 8.60. The number of carbonyl (C=O) groups excluding carboxylic acids is 2. The first-order valence-electron chi connectivity index (χ1n) is 15.1. The Balaban J connectivity index is 1.45. The molecule has 0 bridgehead atoms. The maximum atomic E-state index is 15.0. The molecule has 3 atom stereocenters. The third kappa shape index (κ3) is 6.15. The van der Waals surface area contributed by atoms with Crippen LogP contribution in [0.2, 0.25) is 0 Å². The molecule has 0 aromatic heterocycles. The van der Waals surface area contributed by atoms with E-state index in [-0.39, 0.29) is 19.6 Å². The summed E-state index contributed by atoms with van der Waals surface area (Å²) in [6.45, 7) is 2.40. The highest BCUT2D eigenvalue weighted by molar-refractivity contribution is 5.99. The van der Waals surface area contributed by atoms with Crippen LogP contribution in [0.25, 0.3) is 10.8 Å². The van der Waals surface area contributed by atoms with Crippen LogP contribution in [0.4, 0.5) is 4.79 Å². The fraction of sp³-hybridized carbons (Fsp3) is 0.184. The van der Waals surface area contributed by atoms with Crippen molar-refractivity contribution < 1.29 is 19.5 Å². The molecule has 1 fully saturated rings. The lowest BCUT2D eigenvalue weighted by Gasteiger charge is -2.35. The molecule has 0 saturated carbocycles. The molecule has 6 rings (SSSR count). The highest BCUT2D eigenvalue weighted by Crippen LogP contribution is 2.34. The summed E-state index contributed by atoms with van der Waals surface area (Å²) in [5.41, 5.74) is 3.45. The molecule has 5 aromatic rings. The molecule has 7 heteroatoms. The average Bonchev–Trinajstić information content (AvgIpc) is 3.34. The number of carboxylic acids is 1. The molecule has 1 heterocycles. The van der Waals surface area contributed by atoms with Crippen molar-refractivity contribution in [2.45, 2.75) is 44.7 Å². The Morgan fingerprint density at radius 1 is 0.667 bits per heavy atom. The molecule has 1 aliphatic rings. The van der Waals surface area contributed by atoms with E-state index in [2.05, 4.69) is 0 Å². The van der Waals surface area contributed by atoms with Crippen molar-refractivity contribution in [1.82, 2.24) is 14.7 Å². The number of fused-ring (bicyclic) bond motifs is 1. The maximum absolute atomic E-state index is 15.0. The van der Waals surface area contributed by atoms with Crippen molar-refractivity contribution in [3.05, 3.63) is 156 Å². The van der Waals surface area contributed by atoms with Gasteiger partial charge in [0.15, 0.2) is 6.04 Å². The standard InChI is InChI=1S/C38H35N3O4/c1-27(32-23-13-21-31-20-11-12-22-33(31)32)39(24-28-14-5-2-6-15-28)36(42)34-35(37(43)44)41(26-30-18-9-4-10-19-30)38(45)40(34)25-29-16-7-3-8-17-29/h2-23,27,34-35H,24-26H2,1H3,(H,43,44). The van der Waals surface area contributed by atoms with Crippen LogP contribution in [-0.2, 0) is 29.2 Å². The zero-order valence-corrected chi connectivity index (χ0v) is 25.1. The van der Waals surface area contributed by atoms with Gasteiger partial charge in [0.1, 0.15) is 6.04 Å². The van der Waals surface area contributed by atoms with Crippen LogP contribution in [-0.4, -0.2) is 49.8 Å². The number of hydrogen-bond donors (Lipinski definition) is 1. The van der Waals surface area contributed by atoms with E-state index in [9.17, 15) is 14.7 Å². The van der Waals surface area contributed by atoms with Gasteiger partial charge in [0.25, 0.3) is 0 Å². The van der Waals surface area contributed by atoms with E-state index in [1.54, 1.807) is 4.90 Å². The van der Waals surface area contributed by atoms with Gasteiger partial charge in [-0.25, -0.2) is 9.59 Å². The number of urea groups is 1. The fourth-order valence-corrected chi connectivity index (χ4v) is 6.31. The number of hydrogen-bond acceptors (Lipinski definition) is 3. The number of carbonyl (C=O) groups is 3. The van der Waals surface area contributed by atoms with Gasteiger partial charge >= 0.3 is 12.0 Å². The summed E-state index contributed by atoms with van der Waals surface area (Å²) in [7, 11) is 0. The third-order valence-corrected chi connectivity index (χ3v) is 8.58. The number of amides is 3. The number of rotatable bonds is 10. The first kappa shape index (κ1) is 29.6. The molecule has 1 N–H and O–H groups in total. The van der Waals surface area contributed by atoms with Crippen molar-refractivity contribution in [3.63, 3.8) is 0 Å². The van der Waals surface area contributed by atoms with Gasteiger partial charge in [-0.15, -0.1) is 0 Å². The number of benzene rings is 5. The predicted octanol–water partition coefficient (Wildman–Crippen LogP) is 6.89. The second-order valence-electron chi connectivity index (χ2n) is 11.4. The van der Waals surface area contributed by atoms with Gasteiger partial charge in [-0.2, -0.15) is 0 Å². The van der Waals surface area contributed by atoms with Gasteiger partial charge in [-0.1, -0.05) is 133 Å². The van der Waals surface area contributed by atoms with Crippen LogP contribution in [0.1, 0.15) is 35.2 Å². The lowest BCUT2D eigenvalue weighted by atomic mass is 9.96. The van der Waals surface area contributed by atoms with Crippen molar-refractivity contribution in [2.75, 3.05) is 0 Å². The zero-order chi connectivity index (χ0) is 31.3. The van der Waals surface area contributed by atoms with Gasteiger partial charge in [-0.3, -0.25) is 4.79 Å². The molecule has 226 valence electrons. The van der Waals surface area contributed by atoms with Gasteiger partial charge < -0.3 is 19.8 Å². The SMILES string of the molecule is CC(c1cccc2ccccc12)N(Cc1ccccc1)C(=O)C1C(C(=O)O)N(Cc2ccccc2)C(=O)N1Cc1ccccc1. The molecule has 1 saturated heterocycles. The summed E-state index contributed by atoms with van der Waals surface area (Å²) >= 11 is 0. The second kappa shape index (κ2) is 13.1. The van der Waals surface area contributed by atoms with Crippen LogP contribution in [0.15, 0.2) is 133 Å². The largest absolute Gasteiger partial charge is 0.480 e. The van der Waals surface area contributed by atoms with E-state index in [4.69, 9.17) is 0 Å². The minimum absolute atomic E-state index is 0.0727. The van der Waals surface area contributed by atoms with Crippen LogP contribution in [0, 0.1) is 0 Å². The minimum Gasteiger partial charge on any atom is -0.480 e. The van der Waals surface area contributed by atoms with E-state index in [0.717, 1.165) is 33.0 Å². The lowest BCUT2D eigenvalue weighted by Crippen LogP contribution is -2.53. The van der Waals surface area contributed by atoms with Gasteiger partial charge in [0, 0.05) is 19.6 Å². The van der Waals surface area contributed by atoms with E-state index in [1.807, 2.05) is 140 Å². The van der Waals surface area contributed by atoms with Crippen molar-refractivity contribution in [3.8, 4) is 0 Å². The molecular weight excluding hydrogens is 562 g/mol. The zero-order valence-electron chi connectivity index (χ0n) is 25.1. The quantitative estimate of drug-likeness (QED) is 0.190. The topological polar surface area (TPSA) is 81.2 Å². The van der Waals surface area contributed by atoms with Crippen LogP contribution in [0.3, 0.4) is 0 Å². The maximum Gasteiger partial charge on any atom is 0.329 e.